The first-order valence-electron chi connectivity index (χ1n) is 11.1. The van der Waals surface area contributed by atoms with E-state index in [0.717, 1.165) is 6.26 Å². The highest BCUT2D eigenvalue weighted by molar-refractivity contribution is 7.92. The number of benzene rings is 2. The summed E-state index contributed by atoms with van der Waals surface area (Å²) in [7, 11) is -2.13. The summed E-state index contributed by atoms with van der Waals surface area (Å²) in [5, 5.41) is 3.30. The van der Waals surface area contributed by atoms with Gasteiger partial charge in [-0.1, -0.05) is 41.4 Å². The number of para-hydroxylation sites is 2. The van der Waals surface area contributed by atoms with E-state index in [1.165, 1.54) is 16.3 Å². The highest BCUT2D eigenvalue weighted by Crippen LogP contribution is 2.30. The zero-order valence-corrected chi connectivity index (χ0v) is 22.6. The third kappa shape index (κ3) is 8.02. The maximum atomic E-state index is 13.2. The van der Waals surface area contributed by atoms with Crippen LogP contribution < -0.4 is 14.4 Å². The van der Waals surface area contributed by atoms with Gasteiger partial charge in [-0.25, -0.2) is 8.42 Å². The monoisotopic (exact) mass is 543 g/mol. The Morgan fingerprint density at radius 2 is 1.80 bits per heavy atom. The van der Waals surface area contributed by atoms with Crippen molar-refractivity contribution < 1.29 is 22.7 Å². The summed E-state index contributed by atoms with van der Waals surface area (Å²) in [5.74, 6) is -0.165. The largest absolute Gasteiger partial charge is 0.492 e. The van der Waals surface area contributed by atoms with Crippen LogP contribution in [0.15, 0.2) is 42.5 Å². The number of nitrogens with zero attached hydrogens (tertiary/aromatic N) is 2. The number of ether oxygens (including phenoxy) is 1. The molecule has 0 heterocycles. The molecule has 1 N–H and O–H groups in total. The van der Waals surface area contributed by atoms with Crippen LogP contribution in [-0.4, -0.2) is 57.6 Å². The lowest BCUT2D eigenvalue weighted by Gasteiger charge is -2.29. The summed E-state index contributed by atoms with van der Waals surface area (Å²) >= 11 is 12.1. The number of nitrogens with one attached hydrogen (secondary N) is 1. The Labute approximate surface area is 217 Å². The van der Waals surface area contributed by atoms with Crippen molar-refractivity contribution in [1.29, 1.82) is 0 Å². The van der Waals surface area contributed by atoms with Crippen LogP contribution in [0.4, 0.5) is 5.69 Å². The van der Waals surface area contributed by atoms with Crippen molar-refractivity contribution in [3.8, 4) is 5.75 Å². The van der Waals surface area contributed by atoms with E-state index in [0.29, 0.717) is 33.7 Å². The van der Waals surface area contributed by atoms with Gasteiger partial charge in [0.2, 0.25) is 21.8 Å². The first-order valence-corrected chi connectivity index (χ1v) is 13.7. The standard InChI is InChI=1S/C24H31Cl2N3O5S/c1-5-34-22-10-7-6-9-21(22)29(35(4,32)33)14-8-11-23(30)28(17(2)24(31)27-3)16-18-12-13-19(25)20(26)15-18/h6-7,9-10,12-13,15,17H,5,8,11,14,16H2,1-4H3,(H,27,31)/t17-/m0/s1. The number of sulfonamides is 1. The van der Waals surface area contributed by atoms with Crippen molar-refractivity contribution >= 4 is 50.7 Å². The second kappa shape index (κ2) is 13.0. The highest BCUT2D eigenvalue weighted by Gasteiger charge is 2.27. The molecule has 2 amide bonds. The van der Waals surface area contributed by atoms with Gasteiger partial charge < -0.3 is 15.0 Å². The predicted molar refractivity (Wildman–Crippen MR) is 140 cm³/mol. The lowest BCUT2D eigenvalue weighted by atomic mass is 10.1. The second-order valence-electron chi connectivity index (χ2n) is 7.90. The van der Waals surface area contributed by atoms with Gasteiger partial charge in [-0.3, -0.25) is 13.9 Å². The highest BCUT2D eigenvalue weighted by atomic mass is 35.5. The van der Waals surface area contributed by atoms with E-state index in [1.54, 1.807) is 49.4 Å². The van der Waals surface area contributed by atoms with Crippen LogP contribution >= 0.6 is 23.2 Å². The topological polar surface area (TPSA) is 96.0 Å². The molecule has 1 atom stereocenters. The van der Waals surface area contributed by atoms with Gasteiger partial charge in [0.15, 0.2) is 0 Å². The summed E-state index contributed by atoms with van der Waals surface area (Å²) in [6.07, 6.45) is 1.39. The van der Waals surface area contributed by atoms with Gasteiger partial charge in [-0.05, 0) is 50.1 Å². The number of carbonyl (C=O) groups is 2. The number of halogens is 2. The Hall–Kier alpha value is -2.49. The number of likely N-dealkylation sites (N-methyl/N-ethyl adjacent to an activating group) is 1. The molecule has 2 aromatic rings. The summed E-state index contributed by atoms with van der Waals surface area (Å²) in [5.41, 5.74) is 1.13. The van der Waals surface area contributed by atoms with Crippen LogP contribution in [0.3, 0.4) is 0 Å². The molecule has 0 aliphatic carbocycles. The fourth-order valence-electron chi connectivity index (χ4n) is 3.55. The minimum Gasteiger partial charge on any atom is -0.492 e. The van der Waals surface area contributed by atoms with E-state index in [4.69, 9.17) is 27.9 Å². The third-order valence-electron chi connectivity index (χ3n) is 5.34. The summed E-state index contributed by atoms with van der Waals surface area (Å²) < 4.78 is 31.9. The third-order valence-corrected chi connectivity index (χ3v) is 7.26. The Morgan fingerprint density at radius 3 is 2.40 bits per heavy atom. The van der Waals surface area contributed by atoms with Gasteiger partial charge >= 0.3 is 0 Å². The van der Waals surface area contributed by atoms with Crippen molar-refractivity contribution in [3.05, 3.63) is 58.1 Å². The number of hydrogen-bond donors (Lipinski definition) is 1. The summed E-state index contributed by atoms with van der Waals surface area (Å²) in [4.78, 5) is 26.9. The Balaban J connectivity index is 2.20. The molecule has 2 rings (SSSR count). The second-order valence-corrected chi connectivity index (χ2v) is 10.6. The fraction of sp³-hybridized carbons (Fsp3) is 0.417. The Morgan fingerprint density at radius 1 is 1.11 bits per heavy atom. The number of amides is 2. The average Bonchev–Trinajstić information content (AvgIpc) is 2.81. The quantitative estimate of drug-likeness (QED) is 0.434. The number of rotatable bonds is 12. The summed E-state index contributed by atoms with van der Waals surface area (Å²) in [6, 6.07) is 11.1. The van der Waals surface area contributed by atoms with Gasteiger partial charge in [0.1, 0.15) is 11.8 Å². The smallest absolute Gasteiger partial charge is 0.242 e. The molecule has 35 heavy (non-hydrogen) atoms. The molecule has 0 saturated carbocycles. The van der Waals surface area contributed by atoms with Gasteiger partial charge in [0.25, 0.3) is 0 Å². The minimum atomic E-state index is -3.63. The van der Waals surface area contributed by atoms with Crippen LogP contribution in [0.5, 0.6) is 5.75 Å². The first-order chi connectivity index (χ1) is 16.5. The molecule has 8 nitrogen and oxygen atoms in total. The maximum Gasteiger partial charge on any atom is 0.242 e. The molecule has 0 unspecified atom stereocenters. The van der Waals surface area contributed by atoms with Gasteiger partial charge in [0.05, 0.1) is 28.6 Å². The Kier molecular flexibility index (Phi) is 10.7. The van der Waals surface area contributed by atoms with Crippen LogP contribution in [0, 0.1) is 0 Å². The van der Waals surface area contributed by atoms with Crippen LogP contribution in [0.25, 0.3) is 0 Å². The molecule has 11 heteroatoms. The zero-order chi connectivity index (χ0) is 26.2. The van der Waals surface area contributed by atoms with Crippen molar-refractivity contribution in [2.45, 2.75) is 39.3 Å². The van der Waals surface area contributed by atoms with Crippen molar-refractivity contribution in [2.75, 3.05) is 30.8 Å². The van der Waals surface area contributed by atoms with E-state index in [-0.39, 0.29) is 37.7 Å². The normalized spacial score (nSPS) is 12.1. The average molecular weight is 545 g/mol. The van der Waals surface area contributed by atoms with E-state index in [1.807, 2.05) is 6.92 Å². The van der Waals surface area contributed by atoms with E-state index < -0.39 is 16.1 Å². The van der Waals surface area contributed by atoms with Gasteiger partial charge in [-0.2, -0.15) is 0 Å². The van der Waals surface area contributed by atoms with Gasteiger partial charge in [-0.15, -0.1) is 0 Å². The molecule has 0 fully saturated rings. The molecular formula is C24H31Cl2N3O5S. The van der Waals surface area contributed by atoms with Crippen molar-refractivity contribution in [3.63, 3.8) is 0 Å². The number of anilines is 1. The molecule has 0 bridgehead atoms. The van der Waals surface area contributed by atoms with Crippen molar-refractivity contribution in [2.24, 2.45) is 0 Å². The fourth-order valence-corrected chi connectivity index (χ4v) is 4.84. The molecule has 0 radical (unpaired) electrons. The maximum absolute atomic E-state index is 13.2. The Bertz CT molecular complexity index is 1140. The van der Waals surface area contributed by atoms with Crippen LogP contribution in [0.1, 0.15) is 32.3 Å². The van der Waals surface area contributed by atoms with E-state index in [2.05, 4.69) is 5.32 Å². The zero-order valence-electron chi connectivity index (χ0n) is 20.3. The lowest BCUT2D eigenvalue weighted by Crippen LogP contribution is -2.46. The first kappa shape index (κ1) is 28.7. The SMILES string of the molecule is CCOc1ccccc1N(CCCC(=O)N(Cc1ccc(Cl)c(Cl)c1)[C@@H](C)C(=O)NC)S(C)(=O)=O. The van der Waals surface area contributed by atoms with E-state index in [9.17, 15) is 18.0 Å². The van der Waals surface area contributed by atoms with Crippen LogP contribution in [-0.2, 0) is 26.2 Å². The molecule has 0 aliphatic heterocycles. The summed E-state index contributed by atoms with van der Waals surface area (Å²) in [6.45, 7) is 4.05. The molecule has 0 spiro atoms. The number of hydrogen-bond acceptors (Lipinski definition) is 5. The van der Waals surface area contributed by atoms with Gasteiger partial charge in [0, 0.05) is 26.6 Å². The molecule has 0 aromatic heterocycles. The minimum absolute atomic E-state index is 0.0332. The molecule has 192 valence electrons. The van der Waals surface area contributed by atoms with Crippen molar-refractivity contribution in [1.82, 2.24) is 10.2 Å². The number of carbonyl (C=O) groups excluding carboxylic acids is 2. The molecule has 2 aromatic carbocycles. The lowest BCUT2D eigenvalue weighted by molar-refractivity contribution is -0.140. The van der Waals surface area contributed by atoms with E-state index >= 15 is 0 Å². The molecule has 0 aliphatic rings. The predicted octanol–water partition coefficient (Wildman–Crippen LogP) is 4.10. The molecule has 0 saturated heterocycles. The molecular weight excluding hydrogens is 513 g/mol. The van der Waals surface area contributed by atoms with Crippen LogP contribution in [0.2, 0.25) is 10.0 Å².